The third kappa shape index (κ3) is 3.79. The standard InChI is InChI=1S/C26H26N2O6S2/c1-17-16-21(27-35(30,31)18-10-6-4-7-11-18)26(3)23(25(2)15-14-20(29)24(26)34-25)22(17)28-36(32,33)19-12-8-5-9-13-19/h4-13,16,23-24H,14-15H2,1-3H3/b27-21+,28-22-/t23?,24-,25+,26-/m1/s1. The Hall–Kier alpha value is -2.95. The van der Waals surface area contributed by atoms with Crippen molar-refractivity contribution >= 4 is 37.3 Å². The minimum atomic E-state index is -4.10. The number of Topliss-reactive ketones (excluding diaryl/α,β-unsaturated/α-hetero) is 1. The van der Waals surface area contributed by atoms with E-state index >= 15 is 0 Å². The summed E-state index contributed by atoms with van der Waals surface area (Å²) in [7, 11) is -8.18. The molecule has 5 rings (SSSR count). The number of nitrogens with zero attached hydrogens (tertiary/aromatic N) is 2. The molecule has 8 nitrogen and oxygen atoms in total. The van der Waals surface area contributed by atoms with Crippen molar-refractivity contribution in [2.75, 3.05) is 0 Å². The summed E-state index contributed by atoms with van der Waals surface area (Å²) in [4.78, 5) is 13.1. The summed E-state index contributed by atoms with van der Waals surface area (Å²) in [5, 5.41) is 0. The number of carbonyl (C=O) groups is 1. The number of rotatable bonds is 4. The lowest BCUT2D eigenvalue weighted by Crippen LogP contribution is -2.50. The van der Waals surface area contributed by atoms with Crippen molar-refractivity contribution in [3.63, 3.8) is 0 Å². The molecule has 0 spiro atoms. The summed E-state index contributed by atoms with van der Waals surface area (Å²) in [6.07, 6.45) is 1.15. The van der Waals surface area contributed by atoms with Crippen molar-refractivity contribution in [1.29, 1.82) is 0 Å². The van der Waals surface area contributed by atoms with Gasteiger partial charge in [-0.3, -0.25) is 4.79 Å². The second-order valence-electron chi connectivity index (χ2n) is 9.85. The van der Waals surface area contributed by atoms with Crippen LogP contribution in [0.1, 0.15) is 33.6 Å². The Morgan fingerprint density at radius 2 is 1.39 bits per heavy atom. The van der Waals surface area contributed by atoms with Crippen LogP contribution >= 0.6 is 0 Å². The van der Waals surface area contributed by atoms with E-state index in [1.165, 1.54) is 30.3 Å². The smallest absolute Gasteiger partial charge is 0.282 e. The molecule has 0 aromatic heterocycles. The van der Waals surface area contributed by atoms with E-state index in [0.29, 0.717) is 12.0 Å². The summed E-state index contributed by atoms with van der Waals surface area (Å²) in [5.41, 5.74) is -1.27. The zero-order valence-corrected chi connectivity index (χ0v) is 21.7. The van der Waals surface area contributed by atoms with E-state index in [1.807, 2.05) is 6.92 Å². The van der Waals surface area contributed by atoms with Crippen LogP contribution in [0.15, 0.2) is 90.9 Å². The molecule has 1 aliphatic carbocycles. The highest BCUT2D eigenvalue weighted by atomic mass is 32.2. The van der Waals surface area contributed by atoms with Crippen LogP contribution in [0.5, 0.6) is 0 Å². The van der Waals surface area contributed by atoms with Crippen LogP contribution in [0, 0.1) is 11.3 Å². The van der Waals surface area contributed by atoms with E-state index in [1.54, 1.807) is 50.2 Å². The molecule has 1 unspecified atom stereocenters. The minimum Gasteiger partial charge on any atom is -0.363 e. The minimum absolute atomic E-state index is 0.0225. The number of benzene rings is 2. The Bertz CT molecular complexity index is 1550. The maximum atomic E-state index is 13.2. The lowest BCUT2D eigenvalue weighted by molar-refractivity contribution is -0.146. The summed E-state index contributed by atoms with van der Waals surface area (Å²) in [6.45, 7) is 5.23. The topological polar surface area (TPSA) is 119 Å². The average molecular weight is 527 g/mol. The second kappa shape index (κ2) is 8.29. The zero-order chi connectivity index (χ0) is 25.9. The summed E-state index contributed by atoms with van der Waals surface area (Å²) in [5.74, 6) is -0.866. The predicted molar refractivity (Wildman–Crippen MR) is 135 cm³/mol. The summed E-state index contributed by atoms with van der Waals surface area (Å²) in [6, 6.07) is 15.7. The molecular formula is C26H26N2O6S2. The largest absolute Gasteiger partial charge is 0.363 e. The van der Waals surface area contributed by atoms with Gasteiger partial charge in [-0.1, -0.05) is 43.3 Å². The number of carbonyl (C=O) groups excluding carboxylic acids is 1. The lowest BCUT2D eigenvalue weighted by Gasteiger charge is -2.40. The van der Waals surface area contributed by atoms with Crippen molar-refractivity contribution in [2.24, 2.45) is 20.1 Å². The van der Waals surface area contributed by atoms with Gasteiger partial charge in [-0.2, -0.15) is 25.6 Å². The fourth-order valence-electron chi connectivity index (χ4n) is 5.67. The van der Waals surface area contributed by atoms with Gasteiger partial charge in [0, 0.05) is 12.3 Å². The molecule has 2 aliphatic heterocycles. The Kier molecular flexibility index (Phi) is 5.70. The number of hydrogen-bond acceptors (Lipinski definition) is 6. The molecule has 2 aromatic carbocycles. The first kappa shape index (κ1) is 24.7. The van der Waals surface area contributed by atoms with Crippen molar-refractivity contribution in [1.82, 2.24) is 0 Å². The van der Waals surface area contributed by atoms with Gasteiger partial charge in [0.2, 0.25) is 0 Å². The SMILES string of the molecule is CC1=CC(=N\S(=O)(=O)c2ccccc2)/[C@]2(C)C(/C1=N\S(=O)(=O)c1ccccc1)[C@]1(C)CCC(=O)[C@H]2O1. The van der Waals surface area contributed by atoms with Gasteiger partial charge in [0.15, 0.2) is 5.78 Å². The quantitative estimate of drug-likeness (QED) is 0.599. The molecule has 0 N–H and O–H groups in total. The molecule has 2 fully saturated rings. The number of ether oxygens (including phenoxy) is 1. The number of ketones is 1. The Balaban J connectivity index is 1.75. The molecule has 0 saturated carbocycles. The second-order valence-corrected chi connectivity index (χ2v) is 13.1. The first-order chi connectivity index (χ1) is 16.9. The number of allylic oxidation sites excluding steroid dienone is 2. The van der Waals surface area contributed by atoms with E-state index in [2.05, 4.69) is 8.80 Å². The lowest BCUT2D eigenvalue weighted by atomic mass is 9.61. The van der Waals surface area contributed by atoms with Gasteiger partial charge in [0.1, 0.15) is 6.10 Å². The van der Waals surface area contributed by atoms with Crippen molar-refractivity contribution < 1.29 is 26.4 Å². The van der Waals surface area contributed by atoms with E-state index in [4.69, 9.17) is 4.74 Å². The van der Waals surface area contributed by atoms with Crippen LogP contribution in [0.25, 0.3) is 0 Å². The van der Waals surface area contributed by atoms with Crippen LogP contribution < -0.4 is 0 Å². The summed E-state index contributed by atoms with van der Waals surface area (Å²) >= 11 is 0. The summed E-state index contributed by atoms with van der Waals surface area (Å²) < 4.78 is 67.6. The molecule has 2 bridgehead atoms. The molecule has 36 heavy (non-hydrogen) atoms. The Labute approximate surface area is 210 Å². The average Bonchev–Trinajstić information content (AvgIpc) is 3.05. The zero-order valence-electron chi connectivity index (χ0n) is 20.1. The van der Waals surface area contributed by atoms with Gasteiger partial charge in [-0.05, 0) is 56.2 Å². The number of sulfonamides is 2. The fraction of sp³-hybridized carbons (Fsp3) is 0.346. The molecule has 3 aliphatic rings. The van der Waals surface area contributed by atoms with Crippen LogP contribution in [0.2, 0.25) is 0 Å². The Morgan fingerprint density at radius 1 is 0.861 bits per heavy atom. The molecular weight excluding hydrogens is 500 g/mol. The molecule has 2 saturated heterocycles. The number of fused-ring (bicyclic) bond motifs is 5. The van der Waals surface area contributed by atoms with Gasteiger partial charge < -0.3 is 4.74 Å². The van der Waals surface area contributed by atoms with Crippen molar-refractivity contribution in [3.05, 3.63) is 72.3 Å². The van der Waals surface area contributed by atoms with Gasteiger partial charge in [0.05, 0.1) is 32.2 Å². The van der Waals surface area contributed by atoms with Gasteiger partial charge in [-0.25, -0.2) is 0 Å². The van der Waals surface area contributed by atoms with E-state index in [-0.39, 0.29) is 33.4 Å². The number of hydrogen-bond donors (Lipinski definition) is 0. The van der Waals surface area contributed by atoms with Crippen LogP contribution in [0.4, 0.5) is 0 Å². The van der Waals surface area contributed by atoms with Crippen LogP contribution in [-0.4, -0.2) is 45.7 Å². The molecule has 4 atom stereocenters. The monoisotopic (exact) mass is 526 g/mol. The van der Waals surface area contributed by atoms with Crippen LogP contribution in [-0.2, 0) is 29.6 Å². The van der Waals surface area contributed by atoms with Crippen LogP contribution in [0.3, 0.4) is 0 Å². The molecule has 188 valence electrons. The maximum absolute atomic E-state index is 13.2. The first-order valence-electron chi connectivity index (χ1n) is 11.6. The van der Waals surface area contributed by atoms with Gasteiger partial charge in [-0.15, -0.1) is 0 Å². The van der Waals surface area contributed by atoms with Gasteiger partial charge in [0.25, 0.3) is 20.0 Å². The predicted octanol–water partition coefficient (Wildman–Crippen LogP) is 3.75. The van der Waals surface area contributed by atoms with E-state index in [0.717, 1.165) is 0 Å². The Morgan fingerprint density at radius 3 is 1.94 bits per heavy atom. The van der Waals surface area contributed by atoms with E-state index in [9.17, 15) is 21.6 Å². The molecule has 10 heteroatoms. The molecule has 0 amide bonds. The normalized spacial score (nSPS) is 32.4. The third-order valence-corrected chi connectivity index (χ3v) is 10.0. The third-order valence-electron chi connectivity index (χ3n) is 7.40. The highest BCUT2D eigenvalue weighted by Gasteiger charge is 2.68. The highest BCUT2D eigenvalue weighted by Crippen LogP contribution is 2.58. The van der Waals surface area contributed by atoms with E-state index < -0.39 is 43.1 Å². The van der Waals surface area contributed by atoms with Gasteiger partial charge >= 0.3 is 0 Å². The maximum Gasteiger partial charge on any atom is 0.282 e. The molecule has 2 aromatic rings. The molecule has 2 heterocycles. The first-order valence-corrected chi connectivity index (χ1v) is 14.5. The highest BCUT2D eigenvalue weighted by molar-refractivity contribution is 7.90. The fourth-order valence-corrected chi connectivity index (χ4v) is 7.90. The molecule has 0 radical (unpaired) electrons. The van der Waals surface area contributed by atoms with Crippen molar-refractivity contribution in [2.45, 2.75) is 55.1 Å². The van der Waals surface area contributed by atoms with Crippen molar-refractivity contribution in [3.8, 4) is 0 Å².